The molecule has 2 nitrogen and oxygen atoms in total. The molecule has 0 saturated heterocycles. The van der Waals surface area contributed by atoms with Gasteiger partial charge in [-0.3, -0.25) is 0 Å². The molecule has 0 heterocycles. The summed E-state index contributed by atoms with van der Waals surface area (Å²) in [6.07, 6.45) is 3.58. The summed E-state index contributed by atoms with van der Waals surface area (Å²) >= 11 is 0. The number of hydrogen-bond acceptors (Lipinski definition) is 2. The van der Waals surface area contributed by atoms with Crippen LogP contribution in [-0.2, 0) is 6.54 Å². The van der Waals surface area contributed by atoms with Crippen molar-refractivity contribution in [1.29, 1.82) is 0 Å². The fourth-order valence-corrected chi connectivity index (χ4v) is 1.64. The van der Waals surface area contributed by atoms with Crippen molar-refractivity contribution in [2.75, 3.05) is 6.61 Å². The lowest BCUT2D eigenvalue weighted by atomic mass is 10.2. The molecule has 2 heteroatoms. The van der Waals surface area contributed by atoms with Crippen LogP contribution >= 0.6 is 0 Å². The molecule has 1 aromatic rings. The summed E-state index contributed by atoms with van der Waals surface area (Å²) in [5.41, 5.74) is 2.46. The Labute approximate surface area is 104 Å². The first kappa shape index (κ1) is 12.2. The summed E-state index contributed by atoms with van der Waals surface area (Å²) in [5.74, 6) is 0.960. The van der Waals surface area contributed by atoms with Gasteiger partial charge in [0.2, 0.25) is 0 Å². The molecule has 1 aromatic carbocycles. The Morgan fingerprint density at radius 3 is 3.00 bits per heavy atom. The van der Waals surface area contributed by atoms with E-state index in [-0.39, 0.29) is 0 Å². The largest absolute Gasteiger partial charge is 0.493 e. The topological polar surface area (TPSA) is 21.3 Å². The number of rotatable bonds is 7. The zero-order valence-corrected chi connectivity index (χ0v) is 10.5. The summed E-state index contributed by atoms with van der Waals surface area (Å²) in [7, 11) is 0. The third kappa shape index (κ3) is 4.61. The Bertz CT molecular complexity index is 382. The quantitative estimate of drug-likeness (QED) is 0.727. The first-order chi connectivity index (χ1) is 8.24. The fraction of sp³-hybridized carbons (Fsp3) is 0.467. The lowest BCUT2D eigenvalue weighted by Crippen LogP contribution is -2.15. The average molecular weight is 231 g/mol. The first-order valence-electron chi connectivity index (χ1n) is 6.33. The molecule has 1 fully saturated rings. The predicted octanol–water partition coefficient (Wildman–Crippen LogP) is 3.28. The van der Waals surface area contributed by atoms with Crippen molar-refractivity contribution in [3.8, 4) is 5.75 Å². The van der Waals surface area contributed by atoms with Crippen LogP contribution in [0.4, 0.5) is 0 Å². The van der Waals surface area contributed by atoms with Crippen LogP contribution < -0.4 is 10.1 Å². The third-order valence-electron chi connectivity index (χ3n) is 2.87. The molecular formula is C15H21NO. The molecule has 92 valence electrons. The van der Waals surface area contributed by atoms with Gasteiger partial charge in [0, 0.05) is 19.0 Å². The highest BCUT2D eigenvalue weighted by Gasteiger charge is 2.19. The summed E-state index contributed by atoms with van der Waals surface area (Å²) in [6.45, 7) is 7.56. The second-order valence-corrected chi connectivity index (χ2v) is 4.86. The molecule has 0 atom stereocenters. The van der Waals surface area contributed by atoms with Gasteiger partial charge in [-0.1, -0.05) is 17.7 Å². The maximum absolute atomic E-state index is 5.69. The second kappa shape index (κ2) is 5.87. The van der Waals surface area contributed by atoms with E-state index in [1.807, 2.05) is 13.0 Å². The van der Waals surface area contributed by atoms with Crippen LogP contribution in [0.3, 0.4) is 0 Å². The molecule has 0 amide bonds. The SMILES string of the molecule is C=C(C)CCOc1cccc(CNC2CC2)c1. The minimum Gasteiger partial charge on any atom is -0.493 e. The zero-order chi connectivity index (χ0) is 12.1. The molecule has 2 rings (SSSR count). The summed E-state index contributed by atoms with van der Waals surface area (Å²) in [6, 6.07) is 9.08. The van der Waals surface area contributed by atoms with Gasteiger partial charge in [0.25, 0.3) is 0 Å². The molecule has 1 saturated carbocycles. The van der Waals surface area contributed by atoms with Crippen molar-refractivity contribution in [3.05, 3.63) is 42.0 Å². The Kier molecular flexibility index (Phi) is 4.21. The maximum Gasteiger partial charge on any atom is 0.119 e. The molecular weight excluding hydrogens is 210 g/mol. The lowest BCUT2D eigenvalue weighted by Gasteiger charge is -2.08. The van der Waals surface area contributed by atoms with E-state index in [2.05, 4.69) is 30.1 Å². The summed E-state index contributed by atoms with van der Waals surface area (Å²) in [5, 5.41) is 3.50. The van der Waals surface area contributed by atoms with E-state index in [9.17, 15) is 0 Å². The van der Waals surface area contributed by atoms with Gasteiger partial charge < -0.3 is 10.1 Å². The molecule has 0 unspecified atom stereocenters. The van der Waals surface area contributed by atoms with Crippen LogP contribution in [0.15, 0.2) is 36.4 Å². The number of nitrogens with one attached hydrogen (secondary N) is 1. The van der Waals surface area contributed by atoms with E-state index >= 15 is 0 Å². The Balaban J connectivity index is 1.79. The van der Waals surface area contributed by atoms with E-state index in [1.54, 1.807) is 0 Å². The van der Waals surface area contributed by atoms with Crippen molar-refractivity contribution in [1.82, 2.24) is 5.32 Å². The van der Waals surface area contributed by atoms with Gasteiger partial charge in [-0.25, -0.2) is 0 Å². The molecule has 0 bridgehead atoms. The Morgan fingerprint density at radius 2 is 2.29 bits per heavy atom. The van der Waals surface area contributed by atoms with Crippen LogP contribution in [0.5, 0.6) is 5.75 Å². The smallest absolute Gasteiger partial charge is 0.119 e. The van der Waals surface area contributed by atoms with Crippen LogP contribution in [0.2, 0.25) is 0 Å². The van der Waals surface area contributed by atoms with Crippen molar-refractivity contribution >= 4 is 0 Å². The van der Waals surface area contributed by atoms with Crippen LogP contribution in [0.1, 0.15) is 31.7 Å². The number of benzene rings is 1. The van der Waals surface area contributed by atoms with Crippen LogP contribution in [0.25, 0.3) is 0 Å². The highest BCUT2D eigenvalue weighted by Crippen LogP contribution is 2.20. The fourth-order valence-electron chi connectivity index (χ4n) is 1.64. The zero-order valence-electron chi connectivity index (χ0n) is 10.5. The second-order valence-electron chi connectivity index (χ2n) is 4.86. The highest BCUT2D eigenvalue weighted by molar-refractivity contribution is 5.28. The molecule has 1 N–H and O–H groups in total. The van der Waals surface area contributed by atoms with Gasteiger partial charge in [0.15, 0.2) is 0 Å². The standard InChI is InChI=1S/C15H21NO/c1-12(2)8-9-17-15-5-3-4-13(10-15)11-16-14-6-7-14/h3-5,10,14,16H,1,6-9,11H2,2H3. The molecule has 0 spiro atoms. The molecule has 1 aliphatic rings. The van der Waals surface area contributed by atoms with Crippen molar-refractivity contribution < 1.29 is 4.74 Å². The van der Waals surface area contributed by atoms with Crippen LogP contribution in [0, 0.1) is 0 Å². The summed E-state index contributed by atoms with van der Waals surface area (Å²) < 4.78 is 5.69. The Morgan fingerprint density at radius 1 is 1.47 bits per heavy atom. The van der Waals surface area contributed by atoms with E-state index in [4.69, 9.17) is 4.74 Å². The molecule has 1 aliphatic carbocycles. The lowest BCUT2D eigenvalue weighted by molar-refractivity contribution is 0.321. The van der Waals surface area contributed by atoms with E-state index < -0.39 is 0 Å². The van der Waals surface area contributed by atoms with Crippen molar-refractivity contribution in [2.24, 2.45) is 0 Å². The first-order valence-corrected chi connectivity index (χ1v) is 6.33. The monoisotopic (exact) mass is 231 g/mol. The van der Waals surface area contributed by atoms with Gasteiger partial charge in [-0.2, -0.15) is 0 Å². The highest BCUT2D eigenvalue weighted by atomic mass is 16.5. The van der Waals surface area contributed by atoms with E-state index in [0.29, 0.717) is 0 Å². The normalized spacial score (nSPS) is 14.6. The third-order valence-corrected chi connectivity index (χ3v) is 2.87. The van der Waals surface area contributed by atoms with Gasteiger partial charge in [-0.15, -0.1) is 6.58 Å². The van der Waals surface area contributed by atoms with Gasteiger partial charge in [0.1, 0.15) is 5.75 Å². The van der Waals surface area contributed by atoms with E-state index in [0.717, 1.165) is 36.9 Å². The average Bonchev–Trinajstić information content (AvgIpc) is 3.10. The molecule has 0 aliphatic heterocycles. The molecule has 0 radical (unpaired) electrons. The van der Waals surface area contributed by atoms with Gasteiger partial charge in [-0.05, 0) is 37.5 Å². The van der Waals surface area contributed by atoms with Gasteiger partial charge >= 0.3 is 0 Å². The van der Waals surface area contributed by atoms with E-state index in [1.165, 1.54) is 18.4 Å². The summed E-state index contributed by atoms with van der Waals surface area (Å²) in [4.78, 5) is 0. The maximum atomic E-state index is 5.69. The van der Waals surface area contributed by atoms with Crippen LogP contribution in [-0.4, -0.2) is 12.6 Å². The minimum absolute atomic E-state index is 0.717. The van der Waals surface area contributed by atoms with Crippen molar-refractivity contribution in [3.63, 3.8) is 0 Å². The predicted molar refractivity (Wildman–Crippen MR) is 71.2 cm³/mol. The number of ether oxygens (including phenoxy) is 1. The number of hydrogen-bond donors (Lipinski definition) is 1. The Hall–Kier alpha value is -1.28. The molecule has 17 heavy (non-hydrogen) atoms. The molecule has 0 aromatic heterocycles. The minimum atomic E-state index is 0.717. The van der Waals surface area contributed by atoms with Gasteiger partial charge in [0.05, 0.1) is 6.61 Å². The van der Waals surface area contributed by atoms with Crippen molar-refractivity contribution in [2.45, 2.75) is 38.8 Å².